The van der Waals surface area contributed by atoms with E-state index >= 15 is 0 Å². The predicted octanol–water partition coefficient (Wildman–Crippen LogP) is 3.85. The molecule has 1 aromatic heterocycles. The maximum absolute atomic E-state index is 12.3. The molecule has 0 atom stereocenters. The average molecular weight is 407 g/mol. The molecule has 0 radical (unpaired) electrons. The molecule has 22 heavy (non-hydrogen) atoms. The molecule has 4 nitrogen and oxygen atoms in total. The van der Waals surface area contributed by atoms with E-state index in [1.807, 2.05) is 43.3 Å². The van der Waals surface area contributed by atoms with Crippen molar-refractivity contribution in [2.75, 3.05) is 23.3 Å². The Labute approximate surface area is 144 Å². The van der Waals surface area contributed by atoms with Gasteiger partial charge >= 0.3 is 0 Å². The van der Waals surface area contributed by atoms with Crippen molar-refractivity contribution in [2.45, 2.75) is 19.8 Å². The van der Waals surface area contributed by atoms with E-state index in [1.165, 1.54) is 12.8 Å². The highest BCUT2D eigenvalue weighted by atomic mass is 127. The molecule has 0 bridgehead atoms. The van der Waals surface area contributed by atoms with Crippen LogP contribution < -0.4 is 10.2 Å². The fourth-order valence-corrected chi connectivity index (χ4v) is 2.96. The van der Waals surface area contributed by atoms with Crippen LogP contribution >= 0.6 is 22.6 Å². The zero-order valence-corrected chi connectivity index (χ0v) is 14.6. The van der Waals surface area contributed by atoms with Gasteiger partial charge in [-0.2, -0.15) is 0 Å². The second-order valence-corrected chi connectivity index (χ2v) is 6.70. The molecule has 1 aliphatic heterocycles. The Morgan fingerprint density at radius 3 is 2.45 bits per heavy atom. The van der Waals surface area contributed by atoms with Crippen molar-refractivity contribution in [3.05, 3.63) is 51.2 Å². The lowest BCUT2D eigenvalue weighted by atomic mass is 10.2. The molecule has 1 saturated heterocycles. The quantitative estimate of drug-likeness (QED) is 0.787. The van der Waals surface area contributed by atoms with Crippen molar-refractivity contribution in [1.82, 2.24) is 4.98 Å². The first-order valence-corrected chi connectivity index (χ1v) is 8.51. The van der Waals surface area contributed by atoms with Gasteiger partial charge in [0.05, 0.1) is 11.4 Å². The third kappa shape index (κ3) is 3.40. The molecule has 1 N–H and O–H groups in total. The number of hydrogen-bond acceptors (Lipinski definition) is 3. The highest BCUT2D eigenvalue weighted by Crippen LogP contribution is 2.22. The molecular weight excluding hydrogens is 389 g/mol. The fourth-order valence-electron chi connectivity index (χ4n) is 2.60. The summed E-state index contributed by atoms with van der Waals surface area (Å²) in [4.78, 5) is 19.2. The molecule has 1 aliphatic rings. The molecule has 2 aromatic rings. The van der Waals surface area contributed by atoms with Gasteiger partial charge < -0.3 is 10.2 Å². The Balaban J connectivity index is 1.74. The van der Waals surface area contributed by atoms with E-state index < -0.39 is 0 Å². The molecule has 5 heteroatoms. The summed E-state index contributed by atoms with van der Waals surface area (Å²) in [5.41, 5.74) is 2.28. The van der Waals surface area contributed by atoms with Crippen molar-refractivity contribution >= 4 is 40.0 Å². The van der Waals surface area contributed by atoms with E-state index in [9.17, 15) is 4.79 Å². The zero-order chi connectivity index (χ0) is 15.5. The number of anilines is 2. The standard InChI is InChI=1S/C17H18IN3O/c1-12-15(8-9-16(19-12)21-10-2-3-11-21)20-17(22)13-4-6-14(18)7-5-13/h4-9H,2-3,10-11H2,1H3,(H,20,22). The predicted molar refractivity (Wildman–Crippen MR) is 97.5 cm³/mol. The van der Waals surface area contributed by atoms with Gasteiger partial charge in [0.15, 0.2) is 0 Å². The Hall–Kier alpha value is -1.63. The van der Waals surface area contributed by atoms with Crippen LogP contribution in [-0.2, 0) is 0 Å². The van der Waals surface area contributed by atoms with Crippen LogP contribution in [0.1, 0.15) is 28.9 Å². The summed E-state index contributed by atoms with van der Waals surface area (Å²) in [6.07, 6.45) is 2.46. The van der Waals surface area contributed by atoms with Crippen molar-refractivity contribution < 1.29 is 4.79 Å². The normalized spacial score (nSPS) is 14.2. The highest BCUT2D eigenvalue weighted by Gasteiger charge is 2.15. The first-order chi connectivity index (χ1) is 10.6. The van der Waals surface area contributed by atoms with Gasteiger partial charge in [0.1, 0.15) is 5.82 Å². The molecule has 0 unspecified atom stereocenters. The minimum absolute atomic E-state index is 0.102. The van der Waals surface area contributed by atoms with Gasteiger partial charge in [-0.15, -0.1) is 0 Å². The Morgan fingerprint density at radius 1 is 1.14 bits per heavy atom. The van der Waals surface area contributed by atoms with Crippen LogP contribution in [0.15, 0.2) is 36.4 Å². The SMILES string of the molecule is Cc1nc(N2CCCC2)ccc1NC(=O)c1ccc(I)cc1. The van der Waals surface area contributed by atoms with E-state index in [-0.39, 0.29) is 5.91 Å². The van der Waals surface area contributed by atoms with E-state index in [1.54, 1.807) is 0 Å². The topological polar surface area (TPSA) is 45.2 Å². The summed E-state index contributed by atoms with van der Waals surface area (Å²) in [5.74, 6) is 0.900. The van der Waals surface area contributed by atoms with Crippen LogP contribution in [0.3, 0.4) is 0 Å². The van der Waals surface area contributed by atoms with E-state index in [4.69, 9.17) is 0 Å². The number of aromatic nitrogens is 1. The number of benzene rings is 1. The Bertz CT molecular complexity index is 679. The van der Waals surface area contributed by atoms with Gasteiger partial charge in [0.2, 0.25) is 0 Å². The number of aryl methyl sites for hydroxylation is 1. The third-order valence-corrected chi connectivity index (χ3v) is 4.57. The molecule has 114 valence electrons. The molecule has 3 rings (SSSR count). The maximum atomic E-state index is 12.3. The van der Waals surface area contributed by atoms with Gasteiger partial charge in [0, 0.05) is 22.2 Å². The summed E-state index contributed by atoms with van der Waals surface area (Å²) in [5, 5.41) is 2.94. The minimum atomic E-state index is -0.102. The molecule has 1 fully saturated rings. The molecular formula is C17H18IN3O. The van der Waals surface area contributed by atoms with Gasteiger partial charge in [-0.3, -0.25) is 4.79 Å². The lowest BCUT2D eigenvalue weighted by molar-refractivity contribution is 0.102. The van der Waals surface area contributed by atoms with Crippen molar-refractivity contribution in [2.24, 2.45) is 0 Å². The maximum Gasteiger partial charge on any atom is 0.255 e. The van der Waals surface area contributed by atoms with Crippen LogP contribution in [0, 0.1) is 10.5 Å². The number of halogens is 1. The Kier molecular flexibility index (Phi) is 4.61. The second-order valence-electron chi connectivity index (χ2n) is 5.46. The van der Waals surface area contributed by atoms with Crippen LogP contribution in [0.5, 0.6) is 0 Å². The second kappa shape index (κ2) is 6.64. The van der Waals surface area contributed by atoms with Gasteiger partial charge in [-0.25, -0.2) is 4.98 Å². The number of carbonyl (C=O) groups is 1. The number of pyridine rings is 1. The lowest BCUT2D eigenvalue weighted by Gasteiger charge is -2.18. The summed E-state index contributed by atoms with van der Waals surface area (Å²) < 4.78 is 1.11. The highest BCUT2D eigenvalue weighted by molar-refractivity contribution is 14.1. The average Bonchev–Trinajstić information content (AvgIpc) is 3.04. The molecule has 0 saturated carbocycles. The fraction of sp³-hybridized carbons (Fsp3) is 0.294. The number of carbonyl (C=O) groups excluding carboxylic acids is 1. The summed E-state index contributed by atoms with van der Waals surface area (Å²) in [6.45, 7) is 4.07. The first kappa shape index (κ1) is 15.3. The van der Waals surface area contributed by atoms with Crippen molar-refractivity contribution in [1.29, 1.82) is 0 Å². The number of rotatable bonds is 3. The molecule has 0 spiro atoms. The van der Waals surface area contributed by atoms with E-state index in [0.717, 1.165) is 33.9 Å². The van der Waals surface area contributed by atoms with Crippen LogP contribution in [0.4, 0.5) is 11.5 Å². The summed E-state index contributed by atoms with van der Waals surface area (Å²) in [7, 11) is 0. The summed E-state index contributed by atoms with van der Waals surface area (Å²) >= 11 is 2.22. The number of nitrogens with one attached hydrogen (secondary N) is 1. The van der Waals surface area contributed by atoms with Crippen molar-refractivity contribution in [3.8, 4) is 0 Å². The van der Waals surface area contributed by atoms with E-state index in [2.05, 4.69) is 37.8 Å². The Morgan fingerprint density at radius 2 is 1.82 bits per heavy atom. The van der Waals surface area contributed by atoms with Gasteiger partial charge in [-0.1, -0.05) is 0 Å². The van der Waals surface area contributed by atoms with Crippen molar-refractivity contribution in [3.63, 3.8) is 0 Å². The molecule has 1 amide bonds. The van der Waals surface area contributed by atoms with Crippen LogP contribution in [0.2, 0.25) is 0 Å². The van der Waals surface area contributed by atoms with Crippen LogP contribution in [0.25, 0.3) is 0 Å². The first-order valence-electron chi connectivity index (χ1n) is 7.43. The van der Waals surface area contributed by atoms with Gasteiger partial charge in [0.25, 0.3) is 5.91 Å². The minimum Gasteiger partial charge on any atom is -0.357 e. The van der Waals surface area contributed by atoms with Gasteiger partial charge in [-0.05, 0) is 78.8 Å². The molecule has 1 aromatic carbocycles. The largest absolute Gasteiger partial charge is 0.357 e. The van der Waals surface area contributed by atoms with E-state index in [0.29, 0.717) is 5.56 Å². The molecule has 0 aliphatic carbocycles. The number of amides is 1. The number of nitrogens with zero attached hydrogens (tertiary/aromatic N) is 2. The van der Waals surface area contributed by atoms with Crippen LogP contribution in [-0.4, -0.2) is 24.0 Å². The lowest BCUT2D eigenvalue weighted by Crippen LogP contribution is -2.20. The zero-order valence-electron chi connectivity index (χ0n) is 12.5. The monoisotopic (exact) mass is 407 g/mol. The smallest absolute Gasteiger partial charge is 0.255 e. The number of hydrogen-bond donors (Lipinski definition) is 1. The molecule has 2 heterocycles. The summed E-state index contributed by atoms with van der Waals surface area (Å²) in [6, 6.07) is 11.5. The third-order valence-electron chi connectivity index (χ3n) is 3.86.